The molecule has 0 fully saturated rings. The van der Waals surface area contributed by atoms with Crippen LogP contribution in [0.1, 0.15) is 32.3 Å². The zero-order valence-corrected chi connectivity index (χ0v) is 11.2. The summed E-state index contributed by atoms with van der Waals surface area (Å²) in [6, 6.07) is 5.67. The predicted molar refractivity (Wildman–Crippen MR) is 72.7 cm³/mol. The summed E-state index contributed by atoms with van der Waals surface area (Å²) in [5, 5.41) is 4.10. The highest BCUT2D eigenvalue weighted by molar-refractivity contribution is 6.06. The van der Waals surface area contributed by atoms with Gasteiger partial charge in [-0.25, -0.2) is 5.43 Å². The lowest BCUT2D eigenvalue weighted by Gasteiger charge is -2.16. The van der Waals surface area contributed by atoms with Crippen molar-refractivity contribution in [2.75, 3.05) is 13.2 Å². The maximum absolute atomic E-state index is 11.1. The van der Waals surface area contributed by atoms with Gasteiger partial charge >= 0.3 is 0 Å². The first-order chi connectivity index (χ1) is 9.24. The molecule has 2 rings (SSSR count). The number of ether oxygens (including phenoxy) is 2. The van der Waals surface area contributed by atoms with Crippen LogP contribution in [0.2, 0.25) is 0 Å². The Bertz CT molecular complexity index is 497. The first-order valence-electron chi connectivity index (χ1n) is 6.50. The van der Waals surface area contributed by atoms with Gasteiger partial charge in [-0.3, -0.25) is 4.79 Å². The topological polar surface area (TPSA) is 59.9 Å². The van der Waals surface area contributed by atoms with Crippen molar-refractivity contribution in [2.24, 2.45) is 5.10 Å². The fourth-order valence-corrected chi connectivity index (χ4v) is 1.94. The normalized spacial score (nSPS) is 14.6. The highest BCUT2D eigenvalue weighted by atomic mass is 16.5. The van der Waals surface area contributed by atoms with Crippen LogP contribution in [-0.4, -0.2) is 24.8 Å². The number of benzene rings is 1. The molecule has 1 amide bonds. The Labute approximate surface area is 112 Å². The maximum Gasteiger partial charge on any atom is 0.240 e. The Morgan fingerprint density at radius 3 is 2.63 bits per heavy atom. The standard InChI is InChI=1S/C14H18N2O3/c1-3-18-10-5-6-11(13(9-10)19-4-2)12-7-8-14(17)16-15-12/h5-6,9H,3-4,7-8H2,1-2H3,(H,16,17). The number of carbonyl (C=O) groups excluding carboxylic acids is 1. The number of nitrogens with zero attached hydrogens (tertiary/aromatic N) is 1. The van der Waals surface area contributed by atoms with Gasteiger partial charge in [0.15, 0.2) is 0 Å². The Hall–Kier alpha value is -2.04. The molecule has 1 N–H and O–H groups in total. The highest BCUT2D eigenvalue weighted by Gasteiger charge is 2.17. The first-order valence-corrected chi connectivity index (χ1v) is 6.50. The van der Waals surface area contributed by atoms with Crippen molar-refractivity contribution in [1.82, 2.24) is 5.43 Å². The van der Waals surface area contributed by atoms with Crippen molar-refractivity contribution in [3.05, 3.63) is 23.8 Å². The van der Waals surface area contributed by atoms with Gasteiger partial charge in [0, 0.05) is 24.5 Å². The molecule has 1 aliphatic heterocycles. The molecular weight excluding hydrogens is 244 g/mol. The molecule has 5 heteroatoms. The molecule has 0 radical (unpaired) electrons. The zero-order chi connectivity index (χ0) is 13.7. The number of carbonyl (C=O) groups is 1. The lowest BCUT2D eigenvalue weighted by Crippen LogP contribution is -2.26. The Balaban J connectivity index is 2.30. The van der Waals surface area contributed by atoms with Gasteiger partial charge in [-0.2, -0.15) is 5.10 Å². The van der Waals surface area contributed by atoms with Crippen LogP contribution in [0.5, 0.6) is 11.5 Å². The van der Waals surface area contributed by atoms with Crippen LogP contribution in [0.25, 0.3) is 0 Å². The fourth-order valence-electron chi connectivity index (χ4n) is 1.94. The third kappa shape index (κ3) is 3.24. The van der Waals surface area contributed by atoms with Crippen LogP contribution in [-0.2, 0) is 4.79 Å². The van der Waals surface area contributed by atoms with Crippen molar-refractivity contribution in [3.63, 3.8) is 0 Å². The van der Waals surface area contributed by atoms with Crippen LogP contribution in [0.4, 0.5) is 0 Å². The number of hydrogen-bond acceptors (Lipinski definition) is 4. The SMILES string of the molecule is CCOc1ccc(C2=NNC(=O)CC2)c(OCC)c1. The zero-order valence-electron chi connectivity index (χ0n) is 11.2. The highest BCUT2D eigenvalue weighted by Crippen LogP contribution is 2.27. The largest absolute Gasteiger partial charge is 0.494 e. The molecule has 0 atom stereocenters. The molecule has 0 spiro atoms. The third-order valence-electron chi connectivity index (χ3n) is 2.78. The van der Waals surface area contributed by atoms with Crippen molar-refractivity contribution in [2.45, 2.75) is 26.7 Å². The molecule has 1 heterocycles. The van der Waals surface area contributed by atoms with Gasteiger partial charge in [0.05, 0.1) is 18.9 Å². The molecule has 0 saturated carbocycles. The number of nitrogens with one attached hydrogen (secondary N) is 1. The van der Waals surface area contributed by atoms with Crippen molar-refractivity contribution < 1.29 is 14.3 Å². The quantitative estimate of drug-likeness (QED) is 0.884. The molecule has 5 nitrogen and oxygen atoms in total. The van der Waals surface area contributed by atoms with Crippen molar-refractivity contribution in [3.8, 4) is 11.5 Å². The molecule has 1 aliphatic rings. The van der Waals surface area contributed by atoms with Crippen molar-refractivity contribution in [1.29, 1.82) is 0 Å². The molecule has 0 unspecified atom stereocenters. The molecule has 0 aliphatic carbocycles. The van der Waals surface area contributed by atoms with E-state index in [-0.39, 0.29) is 5.91 Å². The van der Waals surface area contributed by atoms with Gasteiger partial charge in [-0.05, 0) is 26.0 Å². The molecule has 102 valence electrons. The van der Waals surface area contributed by atoms with E-state index in [0.717, 1.165) is 22.8 Å². The molecule has 19 heavy (non-hydrogen) atoms. The molecular formula is C14H18N2O3. The molecule has 0 saturated heterocycles. The minimum Gasteiger partial charge on any atom is -0.494 e. The Kier molecular flexibility index (Phi) is 4.39. The summed E-state index contributed by atoms with van der Waals surface area (Å²) in [7, 11) is 0. The monoisotopic (exact) mass is 262 g/mol. The summed E-state index contributed by atoms with van der Waals surface area (Å²) < 4.78 is 11.1. The minimum atomic E-state index is -0.0485. The summed E-state index contributed by atoms with van der Waals surface area (Å²) in [6.07, 6.45) is 1.08. The van der Waals surface area contributed by atoms with E-state index in [0.29, 0.717) is 26.1 Å². The second kappa shape index (κ2) is 6.22. The summed E-state index contributed by atoms with van der Waals surface area (Å²) in [4.78, 5) is 11.1. The predicted octanol–water partition coefficient (Wildman–Crippen LogP) is 2.10. The van der Waals surface area contributed by atoms with Gasteiger partial charge in [-0.15, -0.1) is 0 Å². The summed E-state index contributed by atoms with van der Waals surface area (Å²) in [5.74, 6) is 1.46. The van der Waals surface area contributed by atoms with E-state index in [2.05, 4.69) is 10.5 Å². The number of hydrogen-bond donors (Lipinski definition) is 1. The lowest BCUT2D eigenvalue weighted by molar-refractivity contribution is -0.121. The Morgan fingerprint density at radius 2 is 2.00 bits per heavy atom. The van der Waals surface area contributed by atoms with E-state index in [1.54, 1.807) is 0 Å². The Morgan fingerprint density at radius 1 is 1.21 bits per heavy atom. The average Bonchev–Trinajstić information content (AvgIpc) is 2.41. The number of rotatable bonds is 5. The third-order valence-corrected chi connectivity index (χ3v) is 2.78. The molecule has 1 aromatic carbocycles. The molecule has 0 bridgehead atoms. The van der Waals surface area contributed by atoms with E-state index in [4.69, 9.17) is 9.47 Å². The average molecular weight is 262 g/mol. The molecule has 0 aromatic heterocycles. The summed E-state index contributed by atoms with van der Waals surface area (Å²) >= 11 is 0. The van der Waals surface area contributed by atoms with Gasteiger partial charge < -0.3 is 9.47 Å². The number of amides is 1. The smallest absolute Gasteiger partial charge is 0.240 e. The van der Waals surface area contributed by atoms with E-state index in [1.807, 2.05) is 32.0 Å². The fraction of sp³-hybridized carbons (Fsp3) is 0.429. The lowest BCUT2D eigenvalue weighted by atomic mass is 10.0. The van der Waals surface area contributed by atoms with Gasteiger partial charge in [0.25, 0.3) is 0 Å². The van der Waals surface area contributed by atoms with Crippen LogP contribution in [0.3, 0.4) is 0 Å². The van der Waals surface area contributed by atoms with E-state index in [1.165, 1.54) is 0 Å². The van der Waals surface area contributed by atoms with Gasteiger partial charge in [0.2, 0.25) is 5.91 Å². The second-order valence-electron chi connectivity index (χ2n) is 4.12. The van der Waals surface area contributed by atoms with Gasteiger partial charge in [-0.1, -0.05) is 0 Å². The summed E-state index contributed by atoms with van der Waals surface area (Å²) in [6.45, 7) is 5.06. The molecule has 1 aromatic rings. The van der Waals surface area contributed by atoms with Crippen LogP contribution < -0.4 is 14.9 Å². The maximum atomic E-state index is 11.1. The van der Waals surface area contributed by atoms with Crippen LogP contribution in [0, 0.1) is 0 Å². The van der Waals surface area contributed by atoms with E-state index in [9.17, 15) is 4.79 Å². The van der Waals surface area contributed by atoms with Crippen LogP contribution >= 0.6 is 0 Å². The second-order valence-corrected chi connectivity index (χ2v) is 4.12. The van der Waals surface area contributed by atoms with E-state index >= 15 is 0 Å². The summed E-state index contributed by atoms with van der Waals surface area (Å²) in [5.41, 5.74) is 4.25. The first kappa shape index (κ1) is 13.4. The van der Waals surface area contributed by atoms with Gasteiger partial charge in [0.1, 0.15) is 11.5 Å². The van der Waals surface area contributed by atoms with Crippen molar-refractivity contribution >= 4 is 11.6 Å². The van der Waals surface area contributed by atoms with E-state index < -0.39 is 0 Å². The number of hydrazone groups is 1. The minimum absolute atomic E-state index is 0.0485. The van der Waals surface area contributed by atoms with Crippen LogP contribution in [0.15, 0.2) is 23.3 Å².